The molecular weight excluding hydrogens is 717 g/mol. The molecule has 0 radical (unpaired) electrons. The molecule has 12 heteroatoms. The zero-order valence-electron chi connectivity index (χ0n) is 32.0. The first-order valence-electron chi connectivity index (χ1n) is 20.2. The lowest BCUT2D eigenvalue weighted by atomic mass is 9.87. The Bertz CT molecular complexity index is 2260. The number of likely N-dealkylation sites (tertiary alicyclic amines) is 1. The van der Waals surface area contributed by atoms with Gasteiger partial charge in [-0.25, -0.2) is 9.48 Å². The Kier molecular flexibility index (Phi) is 10.1. The van der Waals surface area contributed by atoms with Crippen molar-refractivity contribution >= 4 is 40.7 Å². The number of anilines is 4. The maximum absolute atomic E-state index is 13.0. The number of hydrogen-bond acceptors (Lipinski definition) is 8. The van der Waals surface area contributed by atoms with Crippen LogP contribution in [-0.4, -0.2) is 71.8 Å². The fourth-order valence-electron chi connectivity index (χ4n) is 8.87. The molecule has 57 heavy (non-hydrogen) atoms. The van der Waals surface area contributed by atoms with Crippen LogP contribution < -0.4 is 30.9 Å². The van der Waals surface area contributed by atoms with E-state index in [2.05, 4.69) is 50.8 Å². The Morgan fingerprint density at radius 2 is 1.47 bits per heavy atom. The second-order valence-electron chi connectivity index (χ2n) is 15.7. The molecular formula is C45H48N8O4. The van der Waals surface area contributed by atoms with Gasteiger partial charge in [-0.15, -0.1) is 0 Å². The van der Waals surface area contributed by atoms with Crippen LogP contribution in [0.3, 0.4) is 0 Å². The minimum atomic E-state index is -0.514. The van der Waals surface area contributed by atoms with Crippen molar-refractivity contribution in [3.63, 3.8) is 0 Å². The molecule has 3 saturated heterocycles. The maximum atomic E-state index is 13.0. The summed E-state index contributed by atoms with van der Waals surface area (Å²) in [6, 6.07) is 31.8. The summed E-state index contributed by atoms with van der Waals surface area (Å²) >= 11 is 0. The molecule has 9 rings (SSSR count). The number of nitrogens with one attached hydrogen (secondary N) is 2. The average Bonchev–Trinajstić information content (AvgIpc) is 3.50. The Balaban J connectivity index is 0.797. The van der Waals surface area contributed by atoms with Crippen molar-refractivity contribution in [2.45, 2.75) is 51.0 Å². The summed E-state index contributed by atoms with van der Waals surface area (Å²) < 4.78 is 7.85. The molecule has 4 amide bonds. The maximum Gasteiger partial charge on any atom is 0.328 e. The summed E-state index contributed by atoms with van der Waals surface area (Å²) in [6.45, 7) is 6.40. The molecule has 0 atom stereocenters. The molecule has 3 fully saturated rings. The van der Waals surface area contributed by atoms with Gasteiger partial charge in [0.2, 0.25) is 5.91 Å². The SMILES string of the molecule is NC(=O)c1c(-c2ccc(Oc3ccccc3)cc2)nn2c1Nc1cc(C3CCN(CC4CCN(c5ccc(N6CCC(=O)NC6=O)cc5)CC4)CC3)ccc1CC2. The highest BCUT2D eigenvalue weighted by molar-refractivity contribution is 6.06. The minimum Gasteiger partial charge on any atom is -0.457 e. The monoisotopic (exact) mass is 764 g/mol. The fourth-order valence-corrected chi connectivity index (χ4v) is 8.87. The molecule has 5 aromatic rings. The van der Waals surface area contributed by atoms with Crippen LogP contribution in [0.25, 0.3) is 11.3 Å². The summed E-state index contributed by atoms with van der Waals surface area (Å²) in [5.41, 5.74) is 13.3. The van der Waals surface area contributed by atoms with Crippen molar-refractivity contribution in [3.05, 3.63) is 114 Å². The fraction of sp³-hybridized carbons (Fsp3) is 0.333. The summed E-state index contributed by atoms with van der Waals surface area (Å²) in [4.78, 5) is 43.5. The molecule has 1 aromatic heterocycles. The van der Waals surface area contributed by atoms with Gasteiger partial charge in [0, 0.05) is 61.8 Å². The number of aromatic nitrogens is 2. The largest absolute Gasteiger partial charge is 0.457 e. The van der Waals surface area contributed by atoms with Gasteiger partial charge in [0.1, 0.15) is 28.6 Å². The van der Waals surface area contributed by atoms with Crippen molar-refractivity contribution in [3.8, 4) is 22.8 Å². The van der Waals surface area contributed by atoms with Gasteiger partial charge >= 0.3 is 6.03 Å². The molecule has 0 aliphatic carbocycles. The minimum absolute atomic E-state index is 0.218. The van der Waals surface area contributed by atoms with Crippen LogP contribution >= 0.6 is 0 Å². The number of fused-ring (bicyclic) bond motifs is 2. The first kappa shape index (κ1) is 36.5. The molecule has 292 valence electrons. The number of carbonyl (C=O) groups excluding carboxylic acids is 3. The number of nitrogens with two attached hydrogens (primary N) is 1. The second-order valence-corrected chi connectivity index (χ2v) is 15.7. The first-order chi connectivity index (χ1) is 27.8. The van der Waals surface area contributed by atoms with Gasteiger partial charge in [0.05, 0.1) is 0 Å². The second kappa shape index (κ2) is 15.8. The Morgan fingerprint density at radius 3 is 2.19 bits per heavy atom. The number of para-hydroxylation sites is 1. The van der Waals surface area contributed by atoms with E-state index in [9.17, 15) is 14.4 Å². The molecule has 4 N–H and O–H groups in total. The van der Waals surface area contributed by atoms with Gasteiger partial charge < -0.3 is 25.6 Å². The molecule has 0 bridgehead atoms. The number of urea groups is 1. The van der Waals surface area contributed by atoms with Crippen molar-refractivity contribution in [1.82, 2.24) is 20.0 Å². The highest BCUT2D eigenvalue weighted by Crippen LogP contribution is 2.38. The topological polar surface area (TPSA) is 138 Å². The van der Waals surface area contributed by atoms with Gasteiger partial charge in [-0.3, -0.25) is 19.8 Å². The molecule has 12 nitrogen and oxygen atoms in total. The molecule has 4 aliphatic heterocycles. The van der Waals surface area contributed by atoms with E-state index < -0.39 is 5.91 Å². The molecule has 4 aromatic carbocycles. The van der Waals surface area contributed by atoms with Gasteiger partial charge in [0.25, 0.3) is 5.91 Å². The number of aryl methyl sites for hydroxylation is 2. The number of ether oxygens (including phenoxy) is 1. The number of benzene rings is 4. The normalized spacial score (nSPS) is 18.0. The Labute approximate surface area is 332 Å². The van der Waals surface area contributed by atoms with E-state index in [-0.39, 0.29) is 11.9 Å². The van der Waals surface area contributed by atoms with Crippen LogP contribution in [0, 0.1) is 5.92 Å². The van der Waals surface area contributed by atoms with Gasteiger partial charge in [-0.2, -0.15) is 5.10 Å². The number of carbonyl (C=O) groups is 3. The van der Waals surface area contributed by atoms with Gasteiger partial charge in [-0.1, -0.05) is 30.3 Å². The standard InChI is InChI=1S/C45H48N8O4/c46-43(55)41-42(33-8-14-38(15-9-33)57-37-4-2-1-3-5-37)49-53-27-20-32-6-7-34(28-39(32)47-44(41)53)31-18-22-50(23-19-31)29-30-16-24-51(25-17-30)35-10-12-36(13-11-35)52-26-21-40(54)48-45(52)56/h1-15,28,30-31,47H,16-27,29H2,(H2,46,55)(H,48,54,56). The average molecular weight is 765 g/mol. The molecule has 4 aliphatic rings. The van der Waals surface area contributed by atoms with Crippen LogP contribution in [0.15, 0.2) is 97.1 Å². The first-order valence-corrected chi connectivity index (χ1v) is 20.2. The van der Waals surface area contributed by atoms with Crippen molar-refractivity contribution in [2.75, 3.05) is 54.4 Å². The summed E-state index contributed by atoms with van der Waals surface area (Å²) in [5, 5.41) is 10.9. The third-order valence-electron chi connectivity index (χ3n) is 12.1. The molecule has 0 unspecified atom stereocenters. The van der Waals surface area contributed by atoms with E-state index in [4.69, 9.17) is 15.6 Å². The summed E-state index contributed by atoms with van der Waals surface area (Å²) in [5.74, 6) is 2.52. The molecule has 0 saturated carbocycles. The van der Waals surface area contributed by atoms with Crippen LogP contribution in [0.5, 0.6) is 11.5 Å². The predicted octanol–water partition coefficient (Wildman–Crippen LogP) is 7.28. The highest BCUT2D eigenvalue weighted by atomic mass is 16.5. The number of amides is 4. The number of nitrogens with zero attached hydrogens (tertiary/aromatic N) is 5. The van der Waals surface area contributed by atoms with Crippen LogP contribution in [0.1, 0.15) is 59.5 Å². The van der Waals surface area contributed by atoms with E-state index >= 15 is 0 Å². The van der Waals surface area contributed by atoms with Crippen molar-refractivity contribution in [2.24, 2.45) is 11.7 Å². The number of imide groups is 1. The molecule has 0 spiro atoms. The number of hydrogen-bond donors (Lipinski definition) is 3. The molecule has 5 heterocycles. The van der Waals surface area contributed by atoms with Crippen molar-refractivity contribution in [1.29, 1.82) is 0 Å². The van der Waals surface area contributed by atoms with Gasteiger partial charge in [0.15, 0.2) is 0 Å². The van der Waals surface area contributed by atoms with Crippen molar-refractivity contribution < 1.29 is 19.1 Å². The third kappa shape index (κ3) is 7.82. The zero-order chi connectivity index (χ0) is 38.9. The lowest BCUT2D eigenvalue weighted by molar-refractivity contribution is -0.120. The highest BCUT2D eigenvalue weighted by Gasteiger charge is 2.29. The number of rotatable bonds is 9. The van der Waals surface area contributed by atoms with E-state index in [0.717, 1.165) is 87.5 Å². The number of piperidine rings is 2. The lowest BCUT2D eigenvalue weighted by Crippen LogP contribution is -2.49. The third-order valence-corrected chi connectivity index (χ3v) is 12.1. The van der Waals surface area contributed by atoms with E-state index in [0.29, 0.717) is 54.2 Å². The van der Waals surface area contributed by atoms with Crippen LogP contribution in [-0.2, 0) is 17.8 Å². The van der Waals surface area contributed by atoms with E-state index in [1.807, 2.05) is 71.4 Å². The predicted molar refractivity (Wildman–Crippen MR) is 221 cm³/mol. The lowest BCUT2D eigenvalue weighted by Gasteiger charge is -2.38. The Hall–Kier alpha value is -6.14. The quantitative estimate of drug-likeness (QED) is 0.142. The number of primary amides is 1. The zero-order valence-corrected chi connectivity index (χ0v) is 32.0. The Morgan fingerprint density at radius 1 is 0.754 bits per heavy atom. The van der Waals surface area contributed by atoms with Gasteiger partial charge in [-0.05, 0) is 135 Å². The van der Waals surface area contributed by atoms with E-state index in [1.165, 1.54) is 16.8 Å². The summed E-state index contributed by atoms with van der Waals surface area (Å²) in [7, 11) is 0. The van der Waals surface area contributed by atoms with E-state index in [1.54, 1.807) is 4.90 Å². The van der Waals surface area contributed by atoms with Crippen LogP contribution in [0.2, 0.25) is 0 Å². The summed E-state index contributed by atoms with van der Waals surface area (Å²) in [6.07, 6.45) is 5.67. The smallest absolute Gasteiger partial charge is 0.328 e. The van der Waals surface area contributed by atoms with Crippen LogP contribution in [0.4, 0.5) is 27.7 Å².